The molecule has 0 aromatic heterocycles. The highest BCUT2D eigenvalue weighted by molar-refractivity contribution is 5.92. The number of likely N-dealkylation sites (N-methyl/N-ethyl adjacent to an activating group) is 1. The molecule has 0 heterocycles. The van der Waals surface area contributed by atoms with Gasteiger partial charge in [0.1, 0.15) is 19.8 Å². The molecule has 2 aromatic carbocycles. The van der Waals surface area contributed by atoms with Gasteiger partial charge in [0.15, 0.2) is 0 Å². The van der Waals surface area contributed by atoms with Gasteiger partial charge in [-0.05, 0) is 89.2 Å². The van der Waals surface area contributed by atoms with Crippen LogP contribution in [0.15, 0.2) is 72.3 Å². The van der Waals surface area contributed by atoms with E-state index in [1.807, 2.05) is 54.9 Å². The molecule has 0 bridgehead atoms. The van der Waals surface area contributed by atoms with E-state index >= 15 is 0 Å². The van der Waals surface area contributed by atoms with Crippen LogP contribution >= 0.6 is 0 Å². The number of esters is 6. The molecule has 0 N–H and O–H groups in total. The fraction of sp³-hybridized carbons (Fsp3) is 0.511. The third-order valence-electron chi connectivity index (χ3n) is 10.1. The van der Waals surface area contributed by atoms with Crippen LogP contribution < -0.4 is 9.80 Å². The molecule has 2 aromatic rings. The third-order valence-corrected chi connectivity index (χ3v) is 10.1. The van der Waals surface area contributed by atoms with Crippen molar-refractivity contribution < 1.29 is 57.2 Å². The molecule has 0 radical (unpaired) electrons. The highest BCUT2D eigenvalue weighted by Crippen LogP contribution is 2.26. The van der Waals surface area contributed by atoms with Crippen LogP contribution in [0.5, 0.6) is 0 Å². The van der Waals surface area contributed by atoms with E-state index < -0.39 is 35.3 Å². The molecular weight excluding hydrogens is 775 g/mol. The van der Waals surface area contributed by atoms with E-state index in [0.717, 1.165) is 11.4 Å². The van der Waals surface area contributed by atoms with Crippen molar-refractivity contribution in [2.45, 2.75) is 65.8 Å². The van der Waals surface area contributed by atoms with Gasteiger partial charge >= 0.3 is 35.8 Å². The maximum Gasteiger partial charge on any atom is 0.338 e. The number of hydrogen-bond acceptors (Lipinski definition) is 15. The molecule has 0 saturated heterocycles. The topological polar surface area (TPSA) is 168 Å². The third kappa shape index (κ3) is 15.8. The Hall–Kier alpha value is -5.70. The van der Waals surface area contributed by atoms with Crippen molar-refractivity contribution in [2.24, 2.45) is 5.41 Å². The van der Waals surface area contributed by atoms with Crippen molar-refractivity contribution in [2.75, 3.05) is 90.2 Å². The molecule has 1 aliphatic rings. The summed E-state index contributed by atoms with van der Waals surface area (Å²) in [5.41, 5.74) is 1.92. The number of anilines is 2. The Kier molecular flexibility index (Phi) is 20.3. The molecule has 15 heteroatoms. The summed E-state index contributed by atoms with van der Waals surface area (Å²) >= 11 is 0. The van der Waals surface area contributed by atoms with Gasteiger partial charge in [-0.2, -0.15) is 0 Å². The van der Waals surface area contributed by atoms with Gasteiger partial charge in [-0.1, -0.05) is 25.2 Å². The highest BCUT2D eigenvalue weighted by Gasteiger charge is 2.34. The molecule has 1 unspecified atom stereocenters. The number of nitrogens with zero attached hydrogens (tertiary/aromatic N) is 3. The van der Waals surface area contributed by atoms with Crippen LogP contribution in [0.3, 0.4) is 0 Å². The van der Waals surface area contributed by atoms with Gasteiger partial charge in [-0.3, -0.25) is 19.3 Å². The quantitative estimate of drug-likeness (QED) is 0.0901. The second-order valence-electron chi connectivity index (χ2n) is 14.5. The summed E-state index contributed by atoms with van der Waals surface area (Å²) in [4.78, 5) is 81.0. The second kappa shape index (κ2) is 25.0. The Labute approximate surface area is 353 Å². The SMILES string of the molecule is CCOC(=O)C1=CCC(N(C)CCC(=O)OCC(CC)(COC(=O)CCN(C)c2ccc(C(=O)OCC)cc2)COC(=O)CCN(C)c2ccc(C(=O)OCC)cc2)C=C1. The summed E-state index contributed by atoms with van der Waals surface area (Å²) in [7, 11) is 5.52. The molecule has 1 atom stereocenters. The normalized spacial score (nSPS) is 13.5. The van der Waals surface area contributed by atoms with Crippen molar-refractivity contribution in [3.63, 3.8) is 0 Å². The van der Waals surface area contributed by atoms with Crippen LogP contribution in [0, 0.1) is 5.41 Å². The highest BCUT2D eigenvalue weighted by atomic mass is 16.6. The summed E-state index contributed by atoms with van der Waals surface area (Å²) < 4.78 is 32.4. The monoisotopic (exact) mass is 835 g/mol. The van der Waals surface area contributed by atoms with Gasteiger partial charge in [-0.25, -0.2) is 14.4 Å². The van der Waals surface area contributed by atoms with Crippen LogP contribution in [-0.2, 0) is 47.6 Å². The lowest BCUT2D eigenvalue weighted by Crippen LogP contribution is -2.40. The maximum atomic E-state index is 13.1. The smallest absolute Gasteiger partial charge is 0.338 e. The molecule has 0 amide bonds. The first-order valence-electron chi connectivity index (χ1n) is 20.4. The molecule has 0 saturated carbocycles. The average Bonchev–Trinajstić information content (AvgIpc) is 3.26. The molecule has 0 fully saturated rings. The molecule has 60 heavy (non-hydrogen) atoms. The molecule has 15 nitrogen and oxygen atoms in total. The summed E-state index contributed by atoms with van der Waals surface area (Å²) in [6, 6.07) is 13.7. The molecular formula is C45H61N3O12. The lowest BCUT2D eigenvalue weighted by molar-refractivity contribution is -0.162. The van der Waals surface area contributed by atoms with Crippen molar-refractivity contribution in [3.8, 4) is 0 Å². The lowest BCUT2D eigenvalue weighted by atomic mass is 9.88. The van der Waals surface area contributed by atoms with E-state index in [2.05, 4.69) is 0 Å². The van der Waals surface area contributed by atoms with Crippen molar-refractivity contribution in [1.29, 1.82) is 0 Å². The fourth-order valence-corrected chi connectivity index (χ4v) is 5.99. The first kappa shape index (κ1) is 48.7. The van der Waals surface area contributed by atoms with Crippen molar-refractivity contribution >= 4 is 47.2 Å². The Morgan fingerprint density at radius 1 is 0.567 bits per heavy atom. The molecule has 1 aliphatic carbocycles. The fourth-order valence-electron chi connectivity index (χ4n) is 5.99. The first-order valence-corrected chi connectivity index (χ1v) is 20.4. The Bertz CT molecular complexity index is 1700. The van der Waals surface area contributed by atoms with Crippen molar-refractivity contribution in [1.82, 2.24) is 4.90 Å². The molecule has 3 rings (SSSR count). The minimum atomic E-state index is -1.02. The minimum Gasteiger partial charge on any atom is -0.465 e. The maximum absolute atomic E-state index is 13.1. The number of ether oxygens (including phenoxy) is 6. The molecule has 328 valence electrons. The number of carbonyl (C=O) groups excluding carboxylic acids is 6. The summed E-state index contributed by atoms with van der Waals surface area (Å²) in [6.07, 6.45) is 6.56. The standard InChI is InChI=1S/C45H61N3O12/c1-8-45(30-58-39(49)24-27-46(5)36-18-12-33(13-19-36)42(52)55-9-2,31-59-40(50)25-28-47(6)37-20-14-34(15-21-37)43(53)56-10-3)32-60-41(51)26-29-48(7)38-22-16-35(17-23-38)44(54)57-11-4/h12-22,38H,8-11,23-32H2,1-7H3. The van der Waals surface area contributed by atoms with Crippen LogP contribution in [0.2, 0.25) is 0 Å². The van der Waals surface area contributed by atoms with Gasteiger partial charge in [-0.15, -0.1) is 0 Å². The van der Waals surface area contributed by atoms with E-state index in [4.69, 9.17) is 28.4 Å². The van der Waals surface area contributed by atoms with Crippen molar-refractivity contribution in [3.05, 3.63) is 83.5 Å². The summed E-state index contributed by atoms with van der Waals surface area (Å²) in [6.45, 7) is 8.49. The average molecular weight is 836 g/mol. The molecule has 0 spiro atoms. The van der Waals surface area contributed by atoms with Gasteiger partial charge in [0.25, 0.3) is 0 Å². The largest absolute Gasteiger partial charge is 0.465 e. The van der Waals surface area contributed by atoms with Crippen LogP contribution in [-0.4, -0.2) is 127 Å². The first-order chi connectivity index (χ1) is 28.7. The predicted octanol–water partition coefficient (Wildman–Crippen LogP) is 5.56. The summed E-state index contributed by atoms with van der Waals surface area (Å²) in [5.74, 6) is -2.63. The van der Waals surface area contributed by atoms with Gasteiger partial charge < -0.3 is 38.2 Å². The number of benzene rings is 2. The zero-order valence-corrected chi connectivity index (χ0v) is 36.1. The zero-order valence-electron chi connectivity index (χ0n) is 36.1. The van der Waals surface area contributed by atoms with Gasteiger partial charge in [0, 0.05) is 51.1 Å². The second-order valence-corrected chi connectivity index (χ2v) is 14.5. The zero-order chi connectivity index (χ0) is 44.1. The van der Waals surface area contributed by atoms with Crippen LogP contribution in [0.1, 0.15) is 80.5 Å². The lowest BCUT2D eigenvalue weighted by Gasteiger charge is -2.31. The number of hydrogen-bond donors (Lipinski definition) is 0. The van der Waals surface area contributed by atoms with E-state index in [-0.39, 0.29) is 64.3 Å². The Balaban J connectivity index is 1.59. The number of rotatable bonds is 25. The summed E-state index contributed by atoms with van der Waals surface area (Å²) in [5, 5.41) is 0. The van der Waals surface area contributed by atoms with Crippen LogP contribution in [0.4, 0.5) is 11.4 Å². The van der Waals surface area contributed by atoms with E-state index in [0.29, 0.717) is 55.8 Å². The van der Waals surface area contributed by atoms with E-state index in [9.17, 15) is 28.8 Å². The van der Waals surface area contributed by atoms with Gasteiger partial charge in [0.05, 0.1) is 61.2 Å². The predicted molar refractivity (Wildman–Crippen MR) is 226 cm³/mol. The number of carbonyl (C=O) groups is 6. The van der Waals surface area contributed by atoms with E-state index in [1.54, 1.807) is 75.4 Å². The van der Waals surface area contributed by atoms with Gasteiger partial charge in [0.2, 0.25) is 0 Å². The Morgan fingerprint density at radius 2 is 0.967 bits per heavy atom. The van der Waals surface area contributed by atoms with E-state index in [1.165, 1.54) is 0 Å². The van der Waals surface area contributed by atoms with Crippen LogP contribution in [0.25, 0.3) is 0 Å². The molecule has 0 aliphatic heterocycles. The minimum absolute atomic E-state index is 0.0180. The Morgan fingerprint density at radius 3 is 1.33 bits per heavy atom.